The van der Waals surface area contributed by atoms with E-state index in [-0.39, 0.29) is 56.9 Å². The van der Waals surface area contributed by atoms with Gasteiger partial charge in [-0.15, -0.1) is 6.42 Å². The zero-order valence-electron chi connectivity index (χ0n) is 19.3. The lowest BCUT2D eigenvalue weighted by Crippen LogP contribution is -2.51. The first-order valence-electron chi connectivity index (χ1n) is 11.6. The zero-order chi connectivity index (χ0) is 25.1. The number of fused-ring (bicyclic) bond motifs is 4. The standard InChI is InChI=1S/C26H22F2N6O2/c1-3-16-18(27)7-4-12-8-15(35)9-17(19(12)16)22-21(28)23-20(25(36)31-22)24(33-26(29-2)32-23)34-10-13-5-6-14(11-34)30-13/h1,4,7-9,13-14,30,35H,5-6,10-11H2,2H3,(H,31,36)(H,29,32,33). The Balaban J connectivity index is 1.64. The van der Waals surface area contributed by atoms with Gasteiger partial charge in [0.05, 0.1) is 5.56 Å². The third-order valence-corrected chi connectivity index (χ3v) is 6.94. The first kappa shape index (κ1) is 22.2. The Morgan fingerprint density at radius 1 is 1.08 bits per heavy atom. The third kappa shape index (κ3) is 3.35. The second-order valence-electron chi connectivity index (χ2n) is 9.14. The van der Waals surface area contributed by atoms with E-state index in [2.05, 4.69) is 31.5 Å². The van der Waals surface area contributed by atoms with Crippen LogP contribution in [0, 0.1) is 24.0 Å². The number of rotatable bonds is 3. The predicted molar refractivity (Wildman–Crippen MR) is 133 cm³/mol. The van der Waals surface area contributed by atoms with Gasteiger partial charge in [0.1, 0.15) is 34.0 Å². The number of terminal acetylenes is 1. The summed E-state index contributed by atoms with van der Waals surface area (Å²) in [4.78, 5) is 15.0. The molecule has 2 bridgehead atoms. The van der Waals surface area contributed by atoms with Crippen molar-refractivity contribution in [2.75, 3.05) is 30.4 Å². The van der Waals surface area contributed by atoms with Crippen LogP contribution in [0.4, 0.5) is 20.5 Å². The van der Waals surface area contributed by atoms with E-state index in [0.29, 0.717) is 24.3 Å². The molecular weight excluding hydrogens is 466 g/mol. The molecule has 2 fully saturated rings. The maximum atomic E-state index is 16.2. The van der Waals surface area contributed by atoms with Crippen LogP contribution in [0.1, 0.15) is 18.4 Å². The Morgan fingerprint density at radius 3 is 2.53 bits per heavy atom. The first-order valence-corrected chi connectivity index (χ1v) is 11.6. The van der Waals surface area contributed by atoms with Crippen molar-refractivity contribution in [2.45, 2.75) is 24.9 Å². The van der Waals surface area contributed by atoms with Gasteiger partial charge in [-0.3, -0.25) is 0 Å². The van der Waals surface area contributed by atoms with Crippen molar-refractivity contribution in [1.29, 1.82) is 0 Å². The highest BCUT2D eigenvalue weighted by molar-refractivity contribution is 6.04. The smallest absolute Gasteiger partial charge is 0.225 e. The molecule has 4 heterocycles. The lowest BCUT2D eigenvalue weighted by Gasteiger charge is -2.34. The number of aromatic hydroxyl groups is 2. The average molecular weight is 488 g/mol. The van der Waals surface area contributed by atoms with Crippen molar-refractivity contribution in [3.63, 3.8) is 0 Å². The van der Waals surface area contributed by atoms with Gasteiger partial charge in [0.15, 0.2) is 5.82 Å². The number of hydrogen-bond donors (Lipinski definition) is 4. The van der Waals surface area contributed by atoms with E-state index in [1.165, 1.54) is 24.3 Å². The van der Waals surface area contributed by atoms with Gasteiger partial charge in [0.25, 0.3) is 0 Å². The van der Waals surface area contributed by atoms with Gasteiger partial charge in [-0.05, 0) is 36.4 Å². The fourth-order valence-electron chi connectivity index (χ4n) is 5.38. The van der Waals surface area contributed by atoms with Gasteiger partial charge < -0.3 is 25.7 Å². The molecule has 0 radical (unpaired) electrons. The average Bonchev–Trinajstić information content (AvgIpc) is 3.22. The summed E-state index contributed by atoms with van der Waals surface area (Å²) in [5.74, 6) is 0.686. The number of nitrogens with one attached hydrogen (secondary N) is 2. The lowest BCUT2D eigenvalue weighted by atomic mass is 9.95. The maximum absolute atomic E-state index is 16.2. The number of phenolic OH excluding ortho intramolecular Hbond substituents is 1. The Bertz CT molecular complexity index is 1590. The molecule has 2 atom stereocenters. The quantitative estimate of drug-likeness (QED) is 0.325. The van der Waals surface area contributed by atoms with E-state index >= 15 is 4.39 Å². The van der Waals surface area contributed by atoms with Crippen LogP contribution in [0.5, 0.6) is 11.6 Å². The lowest BCUT2D eigenvalue weighted by molar-refractivity contribution is 0.453. The number of hydrogen-bond acceptors (Lipinski definition) is 8. The number of piperazine rings is 1. The highest BCUT2D eigenvalue weighted by Gasteiger charge is 2.35. The van der Waals surface area contributed by atoms with Crippen LogP contribution >= 0.6 is 0 Å². The second-order valence-corrected chi connectivity index (χ2v) is 9.14. The number of halogens is 2. The minimum Gasteiger partial charge on any atom is -0.508 e. The second kappa shape index (κ2) is 8.17. The molecule has 0 spiro atoms. The number of anilines is 2. The summed E-state index contributed by atoms with van der Waals surface area (Å²) < 4.78 is 30.8. The van der Waals surface area contributed by atoms with E-state index in [0.717, 1.165) is 12.8 Å². The number of pyridine rings is 1. The van der Waals surface area contributed by atoms with E-state index in [9.17, 15) is 14.6 Å². The van der Waals surface area contributed by atoms with Crippen molar-refractivity contribution in [3.05, 3.63) is 41.5 Å². The number of benzene rings is 2. The Hall–Kier alpha value is -4.23. The predicted octanol–water partition coefficient (Wildman–Crippen LogP) is 3.50. The summed E-state index contributed by atoms with van der Waals surface area (Å²) in [6.45, 7) is 1.30. The molecule has 2 aliphatic heterocycles. The molecule has 4 aromatic rings. The summed E-state index contributed by atoms with van der Waals surface area (Å²) in [6, 6.07) is 5.82. The van der Waals surface area contributed by atoms with E-state index in [1.54, 1.807) is 7.05 Å². The summed E-state index contributed by atoms with van der Waals surface area (Å²) in [5, 5.41) is 28.5. The minimum absolute atomic E-state index is 0.0403. The van der Waals surface area contributed by atoms with Crippen LogP contribution in [0.3, 0.4) is 0 Å². The van der Waals surface area contributed by atoms with Gasteiger partial charge >= 0.3 is 0 Å². The molecule has 2 aliphatic rings. The molecule has 36 heavy (non-hydrogen) atoms. The van der Waals surface area contributed by atoms with Gasteiger partial charge in [-0.1, -0.05) is 12.0 Å². The molecular formula is C26H22F2N6O2. The molecule has 2 aromatic heterocycles. The summed E-state index contributed by atoms with van der Waals surface area (Å²) in [7, 11) is 1.62. The fourth-order valence-corrected chi connectivity index (χ4v) is 5.38. The number of aromatic nitrogens is 3. The largest absolute Gasteiger partial charge is 0.508 e. The van der Waals surface area contributed by atoms with Gasteiger partial charge in [0.2, 0.25) is 11.8 Å². The molecule has 2 saturated heterocycles. The third-order valence-electron chi connectivity index (χ3n) is 6.94. The Kier molecular flexibility index (Phi) is 5.05. The molecule has 10 heteroatoms. The molecule has 2 aromatic carbocycles. The van der Waals surface area contributed by atoms with Crippen molar-refractivity contribution in [2.24, 2.45) is 0 Å². The van der Waals surface area contributed by atoms with Gasteiger partial charge in [0, 0.05) is 43.2 Å². The molecule has 2 unspecified atom stereocenters. The van der Waals surface area contributed by atoms with Crippen molar-refractivity contribution in [3.8, 4) is 35.2 Å². The molecule has 6 rings (SSSR count). The zero-order valence-corrected chi connectivity index (χ0v) is 19.3. The monoisotopic (exact) mass is 488 g/mol. The van der Waals surface area contributed by atoms with Crippen LogP contribution in [0.25, 0.3) is 32.9 Å². The normalized spacial score (nSPS) is 19.1. The van der Waals surface area contributed by atoms with E-state index < -0.39 is 17.5 Å². The molecule has 8 nitrogen and oxygen atoms in total. The van der Waals surface area contributed by atoms with Gasteiger partial charge in [-0.2, -0.15) is 4.98 Å². The first-order chi connectivity index (χ1) is 17.4. The number of nitrogens with zero attached hydrogens (tertiary/aromatic N) is 4. The van der Waals surface area contributed by atoms with Crippen LogP contribution in [-0.2, 0) is 0 Å². The van der Waals surface area contributed by atoms with E-state index in [4.69, 9.17) is 6.42 Å². The molecule has 4 N–H and O–H groups in total. The van der Waals surface area contributed by atoms with Gasteiger partial charge in [-0.25, -0.2) is 18.7 Å². The SMILES string of the molecule is C#Cc1c(F)ccc2cc(O)cc(-c3nc(O)c4c(N5CC6CCC(C5)N6)nc(NC)nc4c3F)c12. The summed E-state index contributed by atoms with van der Waals surface area (Å²) in [5.41, 5.74) is -0.514. The molecule has 0 aliphatic carbocycles. The van der Waals surface area contributed by atoms with Crippen molar-refractivity contribution < 1.29 is 19.0 Å². The topological polar surface area (TPSA) is 106 Å². The Labute approximate surface area is 205 Å². The molecule has 182 valence electrons. The Morgan fingerprint density at radius 2 is 1.83 bits per heavy atom. The van der Waals surface area contributed by atoms with Crippen LogP contribution < -0.4 is 15.5 Å². The highest BCUT2D eigenvalue weighted by atomic mass is 19.1. The van der Waals surface area contributed by atoms with Crippen LogP contribution in [0.15, 0.2) is 24.3 Å². The van der Waals surface area contributed by atoms with Crippen molar-refractivity contribution >= 4 is 33.4 Å². The fraction of sp³-hybridized carbons (Fsp3) is 0.269. The highest BCUT2D eigenvalue weighted by Crippen LogP contribution is 2.41. The number of phenols is 1. The van der Waals surface area contributed by atoms with E-state index in [1.807, 2.05) is 4.90 Å². The summed E-state index contributed by atoms with van der Waals surface area (Å²) >= 11 is 0. The van der Waals surface area contributed by atoms with Crippen LogP contribution in [-0.4, -0.2) is 57.4 Å². The summed E-state index contributed by atoms with van der Waals surface area (Å²) in [6.07, 6.45) is 7.64. The minimum atomic E-state index is -0.847. The van der Waals surface area contributed by atoms with Crippen molar-refractivity contribution in [1.82, 2.24) is 20.3 Å². The molecule has 0 amide bonds. The maximum Gasteiger partial charge on any atom is 0.225 e. The molecule has 0 saturated carbocycles. The van der Waals surface area contributed by atoms with Crippen LogP contribution in [0.2, 0.25) is 0 Å².